The van der Waals surface area contributed by atoms with E-state index < -0.39 is 0 Å². The standard InChI is InChI=1S/C22H25ClN4O2S/c1-13-19(12-28)30-22(25-13)20(17-4-2-3-11-24-17)27-21(29)18-10-9-16(26-18)14-5-7-15(23)8-6-14/h5-10,17,20,24,26,28H,2-4,11-12H2,1H3,(H,27,29)/t17-,20+/m0/s1. The summed E-state index contributed by atoms with van der Waals surface area (Å²) in [6, 6.07) is 11.0. The molecule has 6 nitrogen and oxygen atoms in total. The number of halogens is 1. The fraction of sp³-hybridized carbons (Fsp3) is 0.364. The van der Waals surface area contributed by atoms with E-state index in [-0.39, 0.29) is 24.6 Å². The van der Waals surface area contributed by atoms with Gasteiger partial charge in [-0.25, -0.2) is 4.98 Å². The van der Waals surface area contributed by atoms with Crippen molar-refractivity contribution in [3.05, 3.63) is 62.7 Å². The second-order valence-corrected chi connectivity index (χ2v) is 9.07. The zero-order chi connectivity index (χ0) is 21.1. The zero-order valence-electron chi connectivity index (χ0n) is 16.7. The molecule has 0 saturated carbocycles. The Morgan fingerprint density at radius 3 is 2.77 bits per heavy atom. The predicted molar refractivity (Wildman–Crippen MR) is 120 cm³/mol. The minimum absolute atomic E-state index is 0.0384. The quantitative estimate of drug-likeness (QED) is 0.458. The molecule has 158 valence electrons. The number of H-pyrrole nitrogens is 1. The lowest BCUT2D eigenvalue weighted by molar-refractivity contribution is 0.0918. The molecule has 3 heterocycles. The molecule has 1 fully saturated rings. The SMILES string of the molecule is Cc1nc([C@H](NC(=O)c2ccc(-c3ccc(Cl)cc3)[nH]2)[C@@H]2CCCCN2)sc1CO. The number of aromatic amines is 1. The first-order valence-corrected chi connectivity index (χ1v) is 11.3. The van der Waals surface area contributed by atoms with Crippen LogP contribution < -0.4 is 10.6 Å². The van der Waals surface area contributed by atoms with Crippen molar-refractivity contribution < 1.29 is 9.90 Å². The molecule has 0 aliphatic carbocycles. The topological polar surface area (TPSA) is 90.0 Å². The fourth-order valence-electron chi connectivity index (χ4n) is 3.77. The maximum atomic E-state index is 13.1. The summed E-state index contributed by atoms with van der Waals surface area (Å²) in [4.78, 5) is 21.8. The highest BCUT2D eigenvalue weighted by Crippen LogP contribution is 2.29. The number of benzene rings is 1. The van der Waals surface area contributed by atoms with Crippen molar-refractivity contribution in [3.63, 3.8) is 0 Å². The van der Waals surface area contributed by atoms with E-state index in [9.17, 15) is 9.90 Å². The Bertz CT molecular complexity index is 1010. The number of thiazole rings is 1. The van der Waals surface area contributed by atoms with Crippen molar-refractivity contribution in [3.8, 4) is 11.3 Å². The molecule has 4 rings (SSSR count). The number of carbonyl (C=O) groups is 1. The molecule has 8 heteroatoms. The van der Waals surface area contributed by atoms with Crippen LogP contribution in [0.15, 0.2) is 36.4 Å². The Morgan fingerprint density at radius 2 is 2.10 bits per heavy atom. The van der Waals surface area contributed by atoms with Gasteiger partial charge in [-0.2, -0.15) is 0 Å². The molecule has 0 unspecified atom stereocenters. The van der Waals surface area contributed by atoms with Crippen LogP contribution in [-0.4, -0.2) is 33.6 Å². The van der Waals surface area contributed by atoms with E-state index in [4.69, 9.17) is 11.6 Å². The van der Waals surface area contributed by atoms with Crippen LogP contribution in [0.4, 0.5) is 0 Å². The number of rotatable bonds is 6. The minimum atomic E-state index is -0.246. The van der Waals surface area contributed by atoms with E-state index in [1.54, 1.807) is 6.07 Å². The summed E-state index contributed by atoms with van der Waals surface area (Å²) < 4.78 is 0. The first kappa shape index (κ1) is 21.1. The van der Waals surface area contributed by atoms with Crippen LogP contribution in [0.3, 0.4) is 0 Å². The van der Waals surface area contributed by atoms with Crippen LogP contribution in [0, 0.1) is 6.92 Å². The van der Waals surface area contributed by atoms with Crippen LogP contribution in [0.1, 0.15) is 51.4 Å². The molecule has 1 amide bonds. The summed E-state index contributed by atoms with van der Waals surface area (Å²) in [6.45, 7) is 2.78. The van der Waals surface area contributed by atoms with Crippen molar-refractivity contribution in [2.24, 2.45) is 0 Å². The van der Waals surface area contributed by atoms with Gasteiger partial charge < -0.3 is 20.7 Å². The number of amides is 1. The number of nitrogens with zero attached hydrogens (tertiary/aromatic N) is 1. The monoisotopic (exact) mass is 444 g/mol. The molecular weight excluding hydrogens is 420 g/mol. The van der Waals surface area contributed by atoms with E-state index in [1.807, 2.05) is 37.3 Å². The van der Waals surface area contributed by atoms with Gasteiger partial charge in [0.05, 0.1) is 23.2 Å². The highest BCUT2D eigenvalue weighted by molar-refractivity contribution is 7.11. The maximum absolute atomic E-state index is 13.1. The summed E-state index contributed by atoms with van der Waals surface area (Å²) in [5, 5.41) is 17.8. The molecule has 0 spiro atoms. The number of aryl methyl sites for hydroxylation is 1. The average molecular weight is 445 g/mol. The van der Waals surface area contributed by atoms with Crippen LogP contribution in [0.5, 0.6) is 0 Å². The first-order valence-electron chi connectivity index (χ1n) is 10.1. The Balaban J connectivity index is 1.56. The lowest BCUT2D eigenvalue weighted by atomic mass is 9.98. The van der Waals surface area contributed by atoms with E-state index in [0.717, 1.165) is 52.6 Å². The van der Waals surface area contributed by atoms with Gasteiger partial charge in [-0.05, 0) is 56.1 Å². The van der Waals surface area contributed by atoms with Gasteiger partial charge in [0.1, 0.15) is 10.7 Å². The lowest BCUT2D eigenvalue weighted by Gasteiger charge is -2.30. The van der Waals surface area contributed by atoms with E-state index in [1.165, 1.54) is 11.3 Å². The zero-order valence-corrected chi connectivity index (χ0v) is 18.3. The summed E-state index contributed by atoms with van der Waals surface area (Å²) in [5.74, 6) is -0.175. The largest absolute Gasteiger partial charge is 0.391 e. The molecule has 3 aromatic rings. The Kier molecular flexibility index (Phi) is 6.53. The van der Waals surface area contributed by atoms with Crippen molar-refractivity contribution in [2.75, 3.05) is 6.54 Å². The number of aliphatic hydroxyl groups excluding tert-OH is 1. The smallest absolute Gasteiger partial charge is 0.268 e. The van der Waals surface area contributed by atoms with E-state index in [0.29, 0.717) is 10.7 Å². The number of piperidine rings is 1. The second kappa shape index (κ2) is 9.31. The molecule has 2 atom stereocenters. The van der Waals surface area contributed by atoms with Gasteiger partial charge in [-0.3, -0.25) is 4.79 Å². The fourth-order valence-corrected chi connectivity index (χ4v) is 4.94. The molecule has 1 aliphatic heterocycles. The van der Waals surface area contributed by atoms with Gasteiger partial charge in [0.2, 0.25) is 0 Å². The van der Waals surface area contributed by atoms with Gasteiger partial charge in [-0.1, -0.05) is 30.2 Å². The molecule has 1 aromatic carbocycles. The molecule has 2 aromatic heterocycles. The predicted octanol–water partition coefficient (Wildman–Crippen LogP) is 4.21. The number of hydrogen-bond donors (Lipinski definition) is 4. The summed E-state index contributed by atoms with van der Waals surface area (Å²) in [7, 11) is 0. The van der Waals surface area contributed by atoms with E-state index >= 15 is 0 Å². The Labute approximate surface area is 184 Å². The number of nitrogens with one attached hydrogen (secondary N) is 3. The minimum Gasteiger partial charge on any atom is -0.391 e. The Morgan fingerprint density at radius 1 is 1.30 bits per heavy atom. The third-order valence-corrected chi connectivity index (χ3v) is 6.92. The molecular formula is C22H25ClN4O2S. The van der Waals surface area contributed by atoms with Crippen molar-refractivity contribution >= 4 is 28.8 Å². The van der Waals surface area contributed by atoms with Crippen molar-refractivity contribution in [2.45, 2.75) is 44.9 Å². The second-order valence-electron chi connectivity index (χ2n) is 7.52. The van der Waals surface area contributed by atoms with Gasteiger partial charge in [-0.15, -0.1) is 11.3 Å². The molecule has 30 heavy (non-hydrogen) atoms. The molecule has 4 N–H and O–H groups in total. The number of aromatic nitrogens is 2. The van der Waals surface area contributed by atoms with Crippen molar-refractivity contribution in [1.82, 2.24) is 20.6 Å². The van der Waals surface area contributed by atoms with Gasteiger partial charge >= 0.3 is 0 Å². The summed E-state index contributed by atoms with van der Waals surface area (Å²) in [6.07, 6.45) is 3.22. The lowest BCUT2D eigenvalue weighted by Crippen LogP contribution is -2.46. The number of hydrogen-bond acceptors (Lipinski definition) is 5. The van der Waals surface area contributed by atoms with Gasteiger partial charge in [0.25, 0.3) is 5.91 Å². The van der Waals surface area contributed by atoms with Gasteiger partial charge in [0, 0.05) is 16.8 Å². The van der Waals surface area contributed by atoms with Gasteiger partial charge in [0.15, 0.2) is 0 Å². The molecule has 1 aliphatic rings. The van der Waals surface area contributed by atoms with Crippen molar-refractivity contribution in [1.29, 1.82) is 0 Å². The summed E-state index contributed by atoms with van der Waals surface area (Å²) in [5.41, 5.74) is 3.14. The Hall–Kier alpha value is -2.19. The van der Waals surface area contributed by atoms with Crippen LogP contribution in [0.25, 0.3) is 11.3 Å². The van der Waals surface area contributed by atoms with E-state index in [2.05, 4.69) is 20.6 Å². The normalized spacial score (nSPS) is 17.6. The van der Waals surface area contributed by atoms with Crippen LogP contribution in [-0.2, 0) is 6.61 Å². The number of carbonyl (C=O) groups excluding carboxylic acids is 1. The summed E-state index contributed by atoms with van der Waals surface area (Å²) >= 11 is 7.43. The third-order valence-electron chi connectivity index (χ3n) is 5.44. The van der Waals surface area contributed by atoms with Crippen LogP contribution in [0.2, 0.25) is 5.02 Å². The molecule has 0 bridgehead atoms. The number of aliphatic hydroxyl groups is 1. The highest BCUT2D eigenvalue weighted by atomic mass is 35.5. The third kappa shape index (κ3) is 4.59. The van der Waals surface area contributed by atoms with Crippen LogP contribution >= 0.6 is 22.9 Å². The highest BCUT2D eigenvalue weighted by Gasteiger charge is 2.30. The maximum Gasteiger partial charge on any atom is 0.268 e. The molecule has 1 saturated heterocycles. The average Bonchev–Trinajstić information content (AvgIpc) is 3.40. The first-order chi connectivity index (χ1) is 14.5. The molecule has 0 radical (unpaired) electrons.